The van der Waals surface area contributed by atoms with E-state index in [2.05, 4.69) is 79.7 Å². The van der Waals surface area contributed by atoms with Crippen LogP contribution in [-0.4, -0.2) is 18.9 Å². The van der Waals surface area contributed by atoms with Gasteiger partial charge in [-0.25, -0.2) is 13.2 Å². The molecule has 0 aliphatic carbocycles. The molecule has 0 fully saturated rings. The molecule has 3 rings (SSSR count). The van der Waals surface area contributed by atoms with Crippen molar-refractivity contribution in [2.24, 2.45) is 0 Å². The zero-order chi connectivity index (χ0) is 26.8. The SMILES string of the molecule is CC(C)[Si](C#Cc1cc(F)c2c(c1)CN(C(CC#CBr)c1cc(F)ccc1F)C2=O)(C(C)C)C(C)C. The number of benzene rings is 2. The van der Waals surface area contributed by atoms with E-state index in [-0.39, 0.29) is 24.1 Å². The fourth-order valence-electron chi connectivity index (χ4n) is 5.66. The Hall–Kier alpha value is -2.48. The van der Waals surface area contributed by atoms with Gasteiger partial charge in [-0.15, -0.1) is 5.54 Å². The summed E-state index contributed by atoms with van der Waals surface area (Å²) in [6, 6.07) is 5.29. The Kier molecular flexibility index (Phi) is 8.80. The number of nitrogens with zero attached hydrogens (tertiary/aromatic N) is 1. The van der Waals surface area contributed by atoms with Crippen LogP contribution >= 0.6 is 15.9 Å². The van der Waals surface area contributed by atoms with Crippen molar-refractivity contribution in [3.05, 3.63) is 70.0 Å². The molecular formula is C29H31BrF3NOSi. The predicted octanol–water partition coefficient (Wildman–Crippen LogP) is 8.12. The van der Waals surface area contributed by atoms with Crippen molar-refractivity contribution in [3.63, 3.8) is 0 Å². The monoisotopic (exact) mass is 573 g/mol. The van der Waals surface area contributed by atoms with Crippen molar-refractivity contribution in [1.82, 2.24) is 4.90 Å². The second-order valence-corrected chi connectivity index (χ2v) is 16.2. The smallest absolute Gasteiger partial charge is 0.258 e. The second kappa shape index (κ2) is 11.3. The first kappa shape index (κ1) is 28.1. The molecule has 1 unspecified atom stereocenters. The second-order valence-electron chi connectivity index (χ2n) is 10.2. The van der Waals surface area contributed by atoms with Crippen LogP contribution in [0, 0.1) is 39.7 Å². The van der Waals surface area contributed by atoms with E-state index in [1.54, 1.807) is 6.07 Å². The molecular weight excluding hydrogens is 543 g/mol. The molecule has 0 radical (unpaired) electrons. The molecule has 2 nitrogen and oxygen atoms in total. The summed E-state index contributed by atoms with van der Waals surface area (Å²) in [5.41, 5.74) is 5.85. The van der Waals surface area contributed by atoms with E-state index in [0.29, 0.717) is 27.8 Å². The molecule has 1 heterocycles. The maximum absolute atomic E-state index is 15.3. The number of carbonyl (C=O) groups is 1. The van der Waals surface area contributed by atoms with Crippen LogP contribution in [0.5, 0.6) is 0 Å². The van der Waals surface area contributed by atoms with Crippen LogP contribution in [0.2, 0.25) is 16.6 Å². The molecule has 0 aromatic heterocycles. The normalized spacial score (nSPS) is 14.0. The van der Waals surface area contributed by atoms with Gasteiger partial charge in [0, 0.05) is 40.0 Å². The van der Waals surface area contributed by atoms with E-state index in [1.807, 2.05) is 0 Å². The van der Waals surface area contributed by atoms with E-state index in [0.717, 1.165) is 18.2 Å². The van der Waals surface area contributed by atoms with E-state index in [4.69, 9.17) is 0 Å². The van der Waals surface area contributed by atoms with Gasteiger partial charge in [-0.05, 0) is 57.3 Å². The minimum absolute atomic E-state index is 0.00779. The molecule has 0 N–H and O–H groups in total. The van der Waals surface area contributed by atoms with Crippen LogP contribution < -0.4 is 0 Å². The molecule has 2 aromatic carbocycles. The van der Waals surface area contributed by atoms with Gasteiger partial charge in [-0.3, -0.25) is 4.79 Å². The summed E-state index contributed by atoms with van der Waals surface area (Å²) in [7, 11) is -2.03. The summed E-state index contributed by atoms with van der Waals surface area (Å²) >= 11 is 3.02. The Morgan fingerprint density at radius 3 is 2.19 bits per heavy atom. The maximum Gasteiger partial charge on any atom is 0.258 e. The summed E-state index contributed by atoms with van der Waals surface area (Å²) < 4.78 is 43.9. The molecule has 1 atom stereocenters. The highest BCUT2D eigenvalue weighted by atomic mass is 79.9. The van der Waals surface area contributed by atoms with Gasteiger partial charge in [0.15, 0.2) is 0 Å². The Bertz CT molecular complexity index is 1260. The molecule has 36 heavy (non-hydrogen) atoms. The van der Waals surface area contributed by atoms with Gasteiger partial charge in [-0.2, -0.15) is 0 Å². The molecule has 1 aliphatic heterocycles. The summed E-state index contributed by atoms with van der Waals surface area (Å²) in [5, 5.41) is 0. The van der Waals surface area contributed by atoms with Crippen molar-refractivity contribution in [2.45, 2.75) is 77.2 Å². The Balaban J connectivity index is 2.05. The van der Waals surface area contributed by atoms with Gasteiger partial charge < -0.3 is 4.90 Å². The van der Waals surface area contributed by atoms with Gasteiger partial charge >= 0.3 is 0 Å². The van der Waals surface area contributed by atoms with Crippen LogP contribution in [-0.2, 0) is 6.54 Å². The Labute approximate surface area is 221 Å². The lowest BCUT2D eigenvalue weighted by atomic mass is 10.0. The number of hydrogen-bond acceptors (Lipinski definition) is 1. The minimum atomic E-state index is -2.03. The summed E-state index contributed by atoms with van der Waals surface area (Å²) in [6.45, 7) is 13.3. The Morgan fingerprint density at radius 1 is 0.972 bits per heavy atom. The van der Waals surface area contributed by atoms with E-state index in [9.17, 15) is 13.6 Å². The molecule has 7 heteroatoms. The molecule has 1 amide bonds. The number of rotatable bonds is 6. The fraction of sp³-hybridized carbons (Fsp3) is 0.414. The Morgan fingerprint density at radius 2 is 1.61 bits per heavy atom. The zero-order valence-corrected chi connectivity index (χ0v) is 24.1. The van der Waals surface area contributed by atoms with Crippen LogP contribution in [0.4, 0.5) is 13.2 Å². The third kappa shape index (κ3) is 5.29. The lowest BCUT2D eigenvalue weighted by Gasteiger charge is -2.38. The van der Waals surface area contributed by atoms with Gasteiger partial charge in [0.05, 0.1) is 11.6 Å². The molecule has 190 valence electrons. The first-order valence-corrected chi connectivity index (χ1v) is 15.2. The van der Waals surface area contributed by atoms with Crippen molar-refractivity contribution in [3.8, 4) is 22.2 Å². The number of halogens is 4. The predicted molar refractivity (Wildman–Crippen MR) is 145 cm³/mol. The van der Waals surface area contributed by atoms with Gasteiger partial charge in [0.25, 0.3) is 5.91 Å². The van der Waals surface area contributed by atoms with Crippen molar-refractivity contribution >= 4 is 29.9 Å². The minimum Gasteiger partial charge on any atom is -0.326 e. The fourth-order valence-corrected chi connectivity index (χ4v) is 11.0. The summed E-state index contributed by atoms with van der Waals surface area (Å²) in [4.78, 5) is 17.2. The van der Waals surface area contributed by atoms with Crippen LogP contribution in [0.15, 0.2) is 30.3 Å². The number of hydrogen-bond donors (Lipinski definition) is 0. The standard InChI is InChI=1S/C29H31BrF3NOSi/c1-18(2)36(19(3)4,20(5)6)13-11-21-14-22-17-34(29(35)28(22)26(33)15-21)27(8-7-12-30)24-16-23(31)9-10-25(24)32/h9-10,14-16,18-20,27H,8,17H2,1-6H3. The first-order valence-electron chi connectivity index (χ1n) is 12.1. The molecule has 1 aliphatic rings. The molecule has 0 saturated carbocycles. The summed E-state index contributed by atoms with van der Waals surface area (Å²) in [6.07, 6.45) is 0.0604. The first-order chi connectivity index (χ1) is 16.9. The maximum atomic E-state index is 15.3. The highest BCUT2D eigenvalue weighted by Gasteiger charge is 2.42. The van der Waals surface area contributed by atoms with Crippen molar-refractivity contribution in [2.75, 3.05) is 0 Å². The highest BCUT2D eigenvalue weighted by molar-refractivity contribution is 9.12. The number of fused-ring (bicyclic) bond motifs is 1. The van der Waals surface area contributed by atoms with Crippen LogP contribution in [0.25, 0.3) is 0 Å². The topological polar surface area (TPSA) is 20.3 Å². The number of carbonyl (C=O) groups excluding carboxylic acids is 1. The van der Waals surface area contributed by atoms with Gasteiger partial charge in [-0.1, -0.05) is 53.4 Å². The lowest BCUT2D eigenvalue weighted by molar-refractivity contribution is 0.0697. The molecule has 0 bridgehead atoms. The molecule has 0 saturated heterocycles. The highest BCUT2D eigenvalue weighted by Crippen LogP contribution is 2.41. The largest absolute Gasteiger partial charge is 0.326 e. The molecule has 2 aromatic rings. The summed E-state index contributed by atoms with van der Waals surface area (Å²) in [5.74, 6) is 3.54. The van der Waals surface area contributed by atoms with Gasteiger partial charge in [0.1, 0.15) is 25.5 Å². The average molecular weight is 575 g/mol. The van der Waals surface area contributed by atoms with Gasteiger partial charge in [0.2, 0.25) is 0 Å². The van der Waals surface area contributed by atoms with E-state index in [1.165, 1.54) is 11.0 Å². The van der Waals surface area contributed by atoms with E-state index >= 15 is 4.39 Å². The average Bonchev–Trinajstić information content (AvgIpc) is 3.12. The number of amides is 1. The van der Waals surface area contributed by atoms with Crippen molar-refractivity contribution in [1.29, 1.82) is 0 Å². The lowest BCUT2D eigenvalue weighted by Crippen LogP contribution is -2.43. The van der Waals surface area contributed by atoms with Crippen LogP contribution in [0.1, 0.15) is 81.1 Å². The molecule has 0 spiro atoms. The van der Waals surface area contributed by atoms with Crippen LogP contribution in [0.3, 0.4) is 0 Å². The third-order valence-electron chi connectivity index (χ3n) is 7.33. The van der Waals surface area contributed by atoms with E-state index < -0.39 is 37.5 Å². The third-order valence-corrected chi connectivity index (χ3v) is 13.9. The van der Waals surface area contributed by atoms with Crippen molar-refractivity contribution < 1.29 is 18.0 Å². The zero-order valence-electron chi connectivity index (χ0n) is 21.5. The quantitative estimate of drug-likeness (QED) is 0.252.